The Balaban J connectivity index is 1.97. The second-order valence-corrected chi connectivity index (χ2v) is 6.01. The predicted molar refractivity (Wildman–Crippen MR) is 95.3 cm³/mol. The van der Waals surface area contributed by atoms with Gasteiger partial charge >= 0.3 is 6.03 Å². The van der Waals surface area contributed by atoms with Gasteiger partial charge in [0.1, 0.15) is 5.75 Å². The molecule has 128 valence electrons. The quantitative estimate of drug-likeness (QED) is 0.679. The molecule has 0 saturated heterocycles. The zero-order chi connectivity index (χ0) is 18.0. The fourth-order valence-corrected chi connectivity index (χ4v) is 2.88. The molecule has 0 fully saturated rings. The van der Waals surface area contributed by atoms with Crippen LogP contribution in [0, 0.1) is 0 Å². The number of amides is 3. The molecule has 3 amide bonds. The number of carbonyl (C=O) groups excluding carboxylic acids is 2. The van der Waals surface area contributed by atoms with Crippen molar-refractivity contribution < 1.29 is 14.7 Å². The Bertz CT molecular complexity index is 879. The Kier molecular flexibility index (Phi) is 4.63. The Labute approximate surface area is 149 Å². The minimum absolute atomic E-state index is 0.0498. The Morgan fingerprint density at radius 1 is 1.20 bits per heavy atom. The minimum atomic E-state index is -0.691. The zero-order valence-electron chi connectivity index (χ0n) is 13.3. The highest BCUT2D eigenvalue weighted by molar-refractivity contribution is 6.33. The fraction of sp³-hybridized carbons (Fsp3) is 0.111. The summed E-state index contributed by atoms with van der Waals surface area (Å²) in [6, 6.07) is 12.2. The zero-order valence-corrected chi connectivity index (χ0v) is 14.1. The van der Waals surface area contributed by atoms with Crippen LogP contribution in [0.1, 0.15) is 18.5 Å². The number of carbonyl (C=O) groups is 2. The van der Waals surface area contributed by atoms with E-state index in [1.165, 1.54) is 12.1 Å². The van der Waals surface area contributed by atoms with Gasteiger partial charge in [0.05, 0.1) is 22.3 Å². The van der Waals surface area contributed by atoms with Crippen LogP contribution >= 0.6 is 11.6 Å². The number of rotatable bonds is 3. The second kappa shape index (κ2) is 6.86. The molecule has 7 heteroatoms. The van der Waals surface area contributed by atoms with Gasteiger partial charge in [-0.2, -0.15) is 0 Å². The molecule has 1 atom stereocenters. The predicted octanol–water partition coefficient (Wildman–Crippen LogP) is 3.31. The van der Waals surface area contributed by atoms with Crippen molar-refractivity contribution in [1.29, 1.82) is 0 Å². The molecule has 0 saturated carbocycles. The Hall–Kier alpha value is -2.99. The van der Waals surface area contributed by atoms with Gasteiger partial charge in [-0.15, -0.1) is 0 Å². The summed E-state index contributed by atoms with van der Waals surface area (Å²) in [7, 11) is 0. The summed E-state index contributed by atoms with van der Waals surface area (Å²) in [4.78, 5) is 24.7. The normalized spacial score (nSPS) is 16.9. The second-order valence-electron chi connectivity index (χ2n) is 5.60. The van der Waals surface area contributed by atoms with E-state index in [9.17, 15) is 14.7 Å². The van der Waals surface area contributed by atoms with E-state index in [0.717, 1.165) is 0 Å². The summed E-state index contributed by atoms with van der Waals surface area (Å²) in [6.45, 7) is 1.65. The van der Waals surface area contributed by atoms with E-state index in [1.807, 2.05) is 0 Å². The van der Waals surface area contributed by atoms with Crippen LogP contribution in [-0.2, 0) is 4.79 Å². The van der Waals surface area contributed by atoms with E-state index in [2.05, 4.69) is 16.0 Å². The van der Waals surface area contributed by atoms with Gasteiger partial charge in [0.2, 0.25) is 0 Å². The van der Waals surface area contributed by atoms with E-state index >= 15 is 0 Å². The van der Waals surface area contributed by atoms with Crippen molar-refractivity contribution in [2.75, 3.05) is 5.32 Å². The van der Waals surface area contributed by atoms with Crippen LogP contribution in [0.4, 0.5) is 10.5 Å². The number of hydrogen-bond acceptors (Lipinski definition) is 3. The molecule has 0 spiro atoms. The third-order valence-electron chi connectivity index (χ3n) is 3.84. The van der Waals surface area contributed by atoms with E-state index in [-0.39, 0.29) is 5.75 Å². The lowest BCUT2D eigenvalue weighted by molar-refractivity contribution is -0.113. The Morgan fingerprint density at radius 2 is 1.96 bits per heavy atom. The highest BCUT2D eigenvalue weighted by Crippen LogP contribution is 2.30. The molecule has 0 radical (unpaired) electrons. The molecule has 25 heavy (non-hydrogen) atoms. The highest BCUT2D eigenvalue weighted by Gasteiger charge is 2.31. The van der Waals surface area contributed by atoms with Gasteiger partial charge in [-0.1, -0.05) is 35.9 Å². The summed E-state index contributed by atoms with van der Waals surface area (Å²) in [5.41, 5.74) is 1.84. The third kappa shape index (κ3) is 3.59. The number of phenolic OH excluding ortho intramolecular Hbond substituents is 1. The van der Waals surface area contributed by atoms with Gasteiger partial charge in [0, 0.05) is 5.70 Å². The van der Waals surface area contributed by atoms with Crippen molar-refractivity contribution in [2.45, 2.75) is 13.0 Å². The van der Waals surface area contributed by atoms with Crippen LogP contribution in [-0.4, -0.2) is 17.0 Å². The number of halogens is 1. The molecular weight excluding hydrogens is 342 g/mol. The number of anilines is 1. The van der Waals surface area contributed by atoms with Crippen molar-refractivity contribution in [3.05, 3.63) is 70.4 Å². The number of para-hydroxylation sites is 1. The molecule has 1 aliphatic heterocycles. The molecule has 2 aromatic carbocycles. The molecule has 3 rings (SSSR count). The number of urea groups is 1. The van der Waals surface area contributed by atoms with E-state index < -0.39 is 18.0 Å². The Morgan fingerprint density at radius 3 is 2.68 bits per heavy atom. The first-order valence-corrected chi connectivity index (χ1v) is 7.96. The summed E-state index contributed by atoms with van der Waals surface area (Å²) >= 11 is 6.09. The molecule has 1 unspecified atom stereocenters. The molecule has 0 aromatic heterocycles. The molecule has 0 aliphatic carbocycles. The molecule has 4 N–H and O–H groups in total. The van der Waals surface area contributed by atoms with Crippen LogP contribution in [0.3, 0.4) is 0 Å². The number of benzene rings is 2. The standard InChI is InChI=1S/C18H16ClN3O3/c1-10-15(17(24)21-14-8-3-2-7-13(14)19)16(22-18(25)20-10)11-5-4-6-12(23)9-11/h2-9,16,23H,1H3,(H,21,24)(H2,20,22,25). The van der Waals surface area contributed by atoms with Gasteiger partial charge in [0.25, 0.3) is 5.91 Å². The minimum Gasteiger partial charge on any atom is -0.508 e. The lowest BCUT2D eigenvalue weighted by atomic mass is 9.94. The SMILES string of the molecule is CC1=C(C(=O)Nc2ccccc2Cl)C(c2cccc(O)c2)NC(=O)N1. The molecule has 0 bridgehead atoms. The van der Waals surface area contributed by atoms with Crippen molar-refractivity contribution in [1.82, 2.24) is 10.6 Å². The van der Waals surface area contributed by atoms with Crippen LogP contribution < -0.4 is 16.0 Å². The summed E-state index contributed by atoms with van der Waals surface area (Å²) in [5, 5.41) is 18.2. The fourth-order valence-electron chi connectivity index (χ4n) is 2.70. The van der Waals surface area contributed by atoms with E-state index in [4.69, 9.17) is 11.6 Å². The smallest absolute Gasteiger partial charge is 0.319 e. The monoisotopic (exact) mass is 357 g/mol. The van der Waals surface area contributed by atoms with Crippen molar-refractivity contribution in [3.63, 3.8) is 0 Å². The summed E-state index contributed by atoms with van der Waals surface area (Å²) < 4.78 is 0. The van der Waals surface area contributed by atoms with Crippen molar-refractivity contribution in [3.8, 4) is 5.75 Å². The molecular formula is C18H16ClN3O3. The summed E-state index contributed by atoms with van der Waals surface area (Å²) in [5.74, 6) is -0.347. The van der Waals surface area contributed by atoms with Gasteiger partial charge in [0.15, 0.2) is 0 Å². The van der Waals surface area contributed by atoms with Crippen molar-refractivity contribution in [2.24, 2.45) is 0 Å². The van der Waals surface area contributed by atoms with Crippen LogP contribution in [0.5, 0.6) is 5.75 Å². The largest absolute Gasteiger partial charge is 0.508 e. The molecule has 1 aliphatic rings. The van der Waals surface area contributed by atoms with Gasteiger partial charge in [-0.3, -0.25) is 4.79 Å². The van der Waals surface area contributed by atoms with Crippen LogP contribution in [0.15, 0.2) is 59.8 Å². The van der Waals surface area contributed by atoms with Crippen LogP contribution in [0.2, 0.25) is 5.02 Å². The van der Waals surface area contributed by atoms with E-state index in [1.54, 1.807) is 43.3 Å². The first-order valence-electron chi connectivity index (χ1n) is 7.59. The molecule has 6 nitrogen and oxygen atoms in total. The number of nitrogens with one attached hydrogen (secondary N) is 3. The van der Waals surface area contributed by atoms with E-state index in [0.29, 0.717) is 27.5 Å². The topological polar surface area (TPSA) is 90.5 Å². The number of aromatic hydroxyl groups is 1. The first kappa shape index (κ1) is 16.9. The average Bonchev–Trinajstić information content (AvgIpc) is 2.56. The highest BCUT2D eigenvalue weighted by atomic mass is 35.5. The summed E-state index contributed by atoms with van der Waals surface area (Å²) in [6.07, 6.45) is 0. The number of phenols is 1. The van der Waals surface area contributed by atoms with Gasteiger partial charge in [-0.25, -0.2) is 4.79 Å². The van der Waals surface area contributed by atoms with Gasteiger partial charge in [-0.05, 0) is 36.8 Å². The third-order valence-corrected chi connectivity index (χ3v) is 4.17. The lowest BCUT2D eigenvalue weighted by Gasteiger charge is -2.28. The van der Waals surface area contributed by atoms with Crippen LogP contribution in [0.25, 0.3) is 0 Å². The molecule has 2 aromatic rings. The first-order chi connectivity index (χ1) is 12.0. The maximum absolute atomic E-state index is 12.8. The molecule has 1 heterocycles. The van der Waals surface area contributed by atoms with Gasteiger partial charge < -0.3 is 21.1 Å². The number of allylic oxidation sites excluding steroid dienone is 1. The maximum Gasteiger partial charge on any atom is 0.319 e. The average molecular weight is 358 g/mol. The lowest BCUT2D eigenvalue weighted by Crippen LogP contribution is -2.45. The van der Waals surface area contributed by atoms with Crippen molar-refractivity contribution >= 4 is 29.2 Å². The maximum atomic E-state index is 12.8. The number of hydrogen-bond donors (Lipinski definition) is 4.